The minimum absolute atomic E-state index is 0.0741. The first-order valence-corrected chi connectivity index (χ1v) is 6.34. The number of hydrogen-bond donors (Lipinski definition) is 2. The number of aliphatic carboxylic acids is 1. The zero-order valence-electron chi connectivity index (χ0n) is 11.9. The molecule has 0 aliphatic carbocycles. The zero-order valence-corrected chi connectivity index (χ0v) is 12.6. The summed E-state index contributed by atoms with van der Waals surface area (Å²) in [5.41, 5.74) is 6.74. The number of rotatable bonds is 3. The van der Waals surface area contributed by atoms with Crippen LogP contribution in [0.15, 0.2) is 24.3 Å². The van der Waals surface area contributed by atoms with Gasteiger partial charge in [-0.25, -0.2) is 4.79 Å². The van der Waals surface area contributed by atoms with E-state index in [2.05, 4.69) is 0 Å². The number of carbonyl (C=O) groups excluding carboxylic acids is 1. The van der Waals surface area contributed by atoms with Crippen LogP contribution >= 0.6 is 11.6 Å². The lowest BCUT2D eigenvalue weighted by Crippen LogP contribution is -2.41. The maximum absolute atomic E-state index is 11.5. The second-order valence-electron chi connectivity index (χ2n) is 4.48. The van der Waals surface area contributed by atoms with Gasteiger partial charge in [0.1, 0.15) is 0 Å². The number of carboxylic acids is 1. The summed E-state index contributed by atoms with van der Waals surface area (Å²) in [4.78, 5) is 21.9. The molecule has 0 aliphatic rings. The Labute approximate surface area is 130 Å². The van der Waals surface area contributed by atoms with E-state index in [9.17, 15) is 18.0 Å². The Bertz CT molecular complexity index is 521. The molecule has 124 valence electrons. The van der Waals surface area contributed by atoms with E-state index in [1.165, 1.54) is 4.90 Å². The van der Waals surface area contributed by atoms with Crippen LogP contribution < -0.4 is 5.73 Å². The molecule has 1 aromatic carbocycles. The van der Waals surface area contributed by atoms with Crippen molar-refractivity contribution in [2.45, 2.75) is 18.6 Å². The molecule has 0 spiro atoms. The molecule has 0 aromatic heterocycles. The Morgan fingerprint density at radius 3 is 2.23 bits per heavy atom. The van der Waals surface area contributed by atoms with E-state index in [4.69, 9.17) is 27.2 Å². The molecular formula is C13H16ClF3N2O3. The Kier molecular flexibility index (Phi) is 7.89. The van der Waals surface area contributed by atoms with Gasteiger partial charge in [-0.15, -0.1) is 0 Å². The molecule has 0 radical (unpaired) electrons. The number of carboxylic acid groups (broad SMARTS) is 1. The number of nitrogens with zero attached hydrogens (tertiary/aromatic N) is 1. The van der Waals surface area contributed by atoms with E-state index >= 15 is 0 Å². The van der Waals surface area contributed by atoms with E-state index in [-0.39, 0.29) is 5.91 Å². The maximum atomic E-state index is 11.5. The van der Waals surface area contributed by atoms with Gasteiger partial charge in [0.05, 0.1) is 6.04 Å². The summed E-state index contributed by atoms with van der Waals surface area (Å²) in [6.07, 6.45) is -4.57. The first kappa shape index (κ1) is 20.2. The molecule has 0 saturated heterocycles. The first-order valence-electron chi connectivity index (χ1n) is 5.96. The predicted molar refractivity (Wildman–Crippen MR) is 75.5 cm³/mol. The van der Waals surface area contributed by atoms with E-state index in [0.717, 1.165) is 5.56 Å². The Morgan fingerprint density at radius 2 is 1.86 bits per heavy atom. The van der Waals surface area contributed by atoms with Crippen LogP contribution in [0, 0.1) is 0 Å². The number of alkyl halides is 3. The third-order valence-corrected chi connectivity index (χ3v) is 2.58. The highest BCUT2D eigenvalue weighted by atomic mass is 35.5. The van der Waals surface area contributed by atoms with Crippen molar-refractivity contribution >= 4 is 23.5 Å². The van der Waals surface area contributed by atoms with Crippen LogP contribution in [-0.4, -0.2) is 48.2 Å². The summed E-state index contributed by atoms with van der Waals surface area (Å²) in [6, 6.07) is 6.88. The van der Waals surface area contributed by atoms with Crippen molar-refractivity contribution in [3.8, 4) is 0 Å². The second kappa shape index (κ2) is 8.60. The van der Waals surface area contributed by atoms with Crippen molar-refractivity contribution < 1.29 is 27.9 Å². The maximum Gasteiger partial charge on any atom is 0.490 e. The summed E-state index contributed by atoms with van der Waals surface area (Å²) in [5, 5.41) is 7.79. The molecule has 5 nitrogen and oxygen atoms in total. The predicted octanol–water partition coefficient (Wildman–Crippen LogP) is 1.93. The second-order valence-corrected chi connectivity index (χ2v) is 4.91. The van der Waals surface area contributed by atoms with Crippen molar-refractivity contribution in [1.29, 1.82) is 0 Å². The van der Waals surface area contributed by atoms with Crippen molar-refractivity contribution in [2.24, 2.45) is 5.73 Å². The highest BCUT2D eigenvalue weighted by Crippen LogP contribution is 2.13. The highest BCUT2D eigenvalue weighted by molar-refractivity contribution is 6.30. The normalized spacial score (nSPS) is 12.0. The number of likely N-dealkylation sites (N-methyl/N-ethyl adjacent to an activating group) is 1. The van der Waals surface area contributed by atoms with Gasteiger partial charge in [-0.05, 0) is 24.1 Å². The summed E-state index contributed by atoms with van der Waals surface area (Å²) in [7, 11) is 3.39. The van der Waals surface area contributed by atoms with Crippen molar-refractivity contribution in [2.75, 3.05) is 14.1 Å². The van der Waals surface area contributed by atoms with Crippen LogP contribution in [0.5, 0.6) is 0 Å². The number of carbonyl (C=O) groups is 2. The lowest BCUT2D eigenvalue weighted by Gasteiger charge is -2.16. The molecule has 3 N–H and O–H groups in total. The number of halogens is 4. The molecule has 1 amide bonds. The van der Waals surface area contributed by atoms with E-state index in [1.54, 1.807) is 20.2 Å². The molecule has 0 bridgehead atoms. The van der Waals surface area contributed by atoms with Crippen molar-refractivity contribution in [3.05, 3.63) is 34.9 Å². The van der Waals surface area contributed by atoms with Gasteiger partial charge in [-0.2, -0.15) is 13.2 Å². The molecule has 1 aromatic rings. The monoisotopic (exact) mass is 340 g/mol. The molecule has 9 heteroatoms. The van der Waals surface area contributed by atoms with E-state index in [1.807, 2.05) is 18.2 Å². The minimum Gasteiger partial charge on any atom is -0.475 e. The smallest absolute Gasteiger partial charge is 0.475 e. The minimum atomic E-state index is -5.08. The third-order valence-electron chi connectivity index (χ3n) is 2.35. The van der Waals surface area contributed by atoms with Crippen LogP contribution in [-0.2, 0) is 16.0 Å². The van der Waals surface area contributed by atoms with Gasteiger partial charge in [0, 0.05) is 19.1 Å². The van der Waals surface area contributed by atoms with Crippen LogP contribution in [0.2, 0.25) is 5.02 Å². The summed E-state index contributed by atoms with van der Waals surface area (Å²) >= 11 is 5.83. The standard InChI is InChI=1S/C11H15ClN2O.C2HF3O2/c1-14(2)11(15)10(13)7-8-4-3-5-9(12)6-8;3-2(4,5)1(6)7/h3-6,10H,7,13H2,1-2H3;(H,6,7)/t10-;/m0./s1. The molecule has 0 saturated carbocycles. The third kappa shape index (κ3) is 7.84. The number of nitrogens with two attached hydrogens (primary N) is 1. The van der Waals surface area contributed by atoms with Crippen LogP contribution in [0.1, 0.15) is 5.56 Å². The van der Waals surface area contributed by atoms with Crippen molar-refractivity contribution in [1.82, 2.24) is 4.90 Å². The van der Waals surface area contributed by atoms with Gasteiger partial charge in [0.2, 0.25) is 5.91 Å². The van der Waals surface area contributed by atoms with Gasteiger partial charge >= 0.3 is 12.1 Å². The first-order chi connectivity index (χ1) is 9.95. The fourth-order valence-corrected chi connectivity index (χ4v) is 1.55. The van der Waals surface area contributed by atoms with Gasteiger partial charge < -0.3 is 15.7 Å². The molecular weight excluding hydrogens is 325 g/mol. The Balaban J connectivity index is 0.000000534. The van der Waals surface area contributed by atoms with Gasteiger partial charge in [-0.3, -0.25) is 4.79 Å². The van der Waals surface area contributed by atoms with Gasteiger partial charge in [-0.1, -0.05) is 23.7 Å². The molecule has 1 rings (SSSR count). The Morgan fingerprint density at radius 1 is 1.36 bits per heavy atom. The zero-order chi connectivity index (χ0) is 17.5. The molecule has 0 fully saturated rings. The van der Waals surface area contributed by atoms with Crippen molar-refractivity contribution in [3.63, 3.8) is 0 Å². The SMILES string of the molecule is CN(C)C(=O)[C@@H](N)Cc1cccc(Cl)c1.O=C(O)C(F)(F)F. The average molecular weight is 341 g/mol. The van der Waals surface area contributed by atoms with Crippen LogP contribution in [0.4, 0.5) is 13.2 Å². The molecule has 0 unspecified atom stereocenters. The number of amides is 1. The fourth-order valence-electron chi connectivity index (χ4n) is 1.34. The summed E-state index contributed by atoms with van der Waals surface area (Å²) in [6.45, 7) is 0. The largest absolute Gasteiger partial charge is 0.490 e. The lowest BCUT2D eigenvalue weighted by atomic mass is 10.1. The van der Waals surface area contributed by atoms with Crippen LogP contribution in [0.25, 0.3) is 0 Å². The molecule has 1 atom stereocenters. The van der Waals surface area contributed by atoms with Gasteiger partial charge in [0.25, 0.3) is 0 Å². The fraction of sp³-hybridized carbons (Fsp3) is 0.385. The van der Waals surface area contributed by atoms with E-state index < -0.39 is 18.2 Å². The number of benzene rings is 1. The van der Waals surface area contributed by atoms with Gasteiger partial charge in [0.15, 0.2) is 0 Å². The molecule has 0 aliphatic heterocycles. The lowest BCUT2D eigenvalue weighted by molar-refractivity contribution is -0.192. The number of hydrogen-bond acceptors (Lipinski definition) is 3. The Hall–Kier alpha value is -1.80. The van der Waals surface area contributed by atoms with E-state index in [0.29, 0.717) is 11.4 Å². The molecule has 22 heavy (non-hydrogen) atoms. The van der Waals surface area contributed by atoms with Crippen LogP contribution in [0.3, 0.4) is 0 Å². The average Bonchev–Trinajstić information content (AvgIpc) is 2.37. The molecule has 0 heterocycles. The quantitative estimate of drug-likeness (QED) is 0.880. The highest BCUT2D eigenvalue weighted by Gasteiger charge is 2.38. The summed E-state index contributed by atoms with van der Waals surface area (Å²) < 4.78 is 31.7. The summed E-state index contributed by atoms with van der Waals surface area (Å²) in [5.74, 6) is -2.83. The topological polar surface area (TPSA) is 83.6 Å².